The molecule has 0 rings (SSSR count). The van der Waals surface area contributed by atoms with Crippen LogP contribution in [0.4, 0.5) is 0 Å². The second-order valence-electron chi connectivity index (χ2n) is 2.28. The van der Waals surface area contributed by atoms with Gasteiger partial charge in [0.05, 0.1) is 12.5 Å². The Hall–Kier alpha value is -1.69. The number of ketones is 1. The van der Waals surface area contributed by atoms with Crippen LogP contribution in [0.2, 0.25) is 0 Å². The predicted molar refractivity (Wildman–Crippen MR) is 42.0 cm³/mol. The topological polar surface area (TPSA) is 118 Å². The summed E-state index contributed by atoms with van der Waals surface area (Å²) in [5.74, 6) is -3.20. The number of nitrogens with two attached hydrogens (primary N) is 1. The van der Waals surface area contributed by atoms with Gasteiger partial charge in [-0.05, 0) is 6.08 Å². The largest absolute Gasteiger partial charge is 0.481 e. The van der Waals surface area contributed by atoms with E-state index >= 15 is 0 Å². The molecule has 13 heavy (non-hydrogen) atoms. The Morgan fingerprint density at radius 1 is 1.23 bits per heavy atom. The molecule has 0 aromatic carbocycles. The van der Waals surface area contributed by atoms with E-state index in [1.165, 1.54) is 0 Å². The van der Waals surface area contributed by atoms with Crippen LogP contribution in [-0.2, 0) is 14.4 Å². The summed E-state index contributed by atoms with van der Waals surface area (Å²) in [6, 6.07) is -1.19. The normalized spacial score (nSPS) is 12.7. The summed E-state index contributed by atoms with van der Waals surface area (Å²) in [5.41, 5.74) is 5.13. The van der Waals surface area contributed by atoms with Crippen LogP contribution in [0, 0.1) is 0 Å². The zero-order chi connectivity index (χ0) is 10.4. The van der Waals surface area contributed by atoms with Crippen molar-refractivity contribution >= 4 is 17.7 Å². The number of carboxylic acid groups (broad SMARTS) is 2. The quantitative estimate of drug-likeness (QED) is 0.475. The molecule has 0 aliphatic carbocycles. The summed E-state index contributed by atoms with van der Waals surface area (Å²) in [4.78, 5) is 30.9. The fourth-order valence-electron chi connectivity index (χ4n) is 0.566. The zero-order valence-corrected chi connectivity index (χ0v) is 6.64. The van der Waals surface area contributed by atoms with Gasteiger partial charge < -0.3 is 15.9 Å². The number of carboxylic acids is 2. The van der Waals surface area contributed by atoms with Crippen LogP contribution in [0.1, 0.15) is 6.42 Å². The van der Waals surface area contributed by atoms with Crippen LogP contribution in [0.15, 0.2) is 12.2 Å². The molecule has 72 valence electrons. The summed E-state index contributed by atoms with van der Waals surface area (Å²) >= 11 is 0. The maximum Gasteiger partial charge on any atom is 0.328 e. The van der Waals surface area contributed by atoms with Gasteiger partial charge in [0.25, 0.3) is 0 Å². The van der Waals surface area contributed by atoms with Gasteiger partial charge in [0, 0.05) is 6.08 Å². The molecule has 0 radical (unpaired) electrons. The minimum Gasteiger partial charge on any atom is -0.481 e. The Morgan fingerprint density at radius 3 is 2.15 bits per heavy atom. The van der Waals surface area contributed by atoms with Gasteiger partial charge in [-0.15, -0.1) is 0 Å². The molecule has 0 saturated carbocycles. The van der Waals surface area contributed by atoms with E-state index in [2.05, 4.69) is 0 Å². The lowest BCUT2D eigenvalue weighted by atomic mass is 10.1. The summed E-state index contributed by atoms with van der Waals surface area (Å²) < 4.78 is 0. The summed E-state index contributed by atoms with van der Waals surface area (Å²) in [6.07, 6.45) is 0.850. The summed E-state index contributed by atoms with van der Waals surface area (Å²) in [6.45, 7) is 0. The molecule has 1 unspecified atom stereocenters. The maximum absolute atomic E-state index is 10.8. The number of hydrogen-bond donors (Lipinski definition) is 3. The van der Waals surface area contributed by atoms with Gasteiger partial charge in [0.15, 0.2) is 5.78 Å². The highest BCUT2D eigenvalue weighted by atomic mass is 16.4. The molecule has 0 aromatic rings. The minimum absolute atomic E-state index is 0.511. The van der Waals surface area contributed by atoms with Crippen molar-refractivity contribution in [3.8, 4) is 0 Å². The van der Waals surface area contributed by atoms with Crippen molar-refractivity contribution in [2.45, 2.75) is 12.5 Å². The van der Waals surface area contributed by atoms with Crippen LogP contribution in [-0.4, -0.2) is 34.0 Å². The Morgan fingerprint density at radius 2 is 1.77 bits per heavy atom. The molecule has 0 aromatic heterocycles. The van der Waals surface area contributed by atoms with E-state index < -0.39 is 30.2 Å². The number of carbonyl (C=O) groups is 3. The van der Waals surface area contributed by atoms with Crippen molar-refractivity contribution in [3.05, 3.63) is 12.2 Å². The van der Waals surface area contributed by atoms with E-state index in [1.54, 1.807) is 0 Å². The second-order valence-corrected chi connectivity index (χ2v) is 2.28. The molecule has 0 fully saturated rings. The lowest BCUT2D eigenvalue weighted by Crippen LogP contribution is -2.31. The Kier molecular flexibility index (Phi) is 4.39. The third kappa shape index (κ3) is 5.57. The van der Waals surface area contributed by atoms with Crippen molar-refractivity contribution in [1.29, 1.82) is 0 Å². The van der Waals surface area contributed by atoms with Gasteiger partial charge >= 0.3 is 11.9 Å². The molecule has 0 heterocycles. The van der Waals surface area contributed by atoms with E-state index in [9.17, 15) is 14.4 Å². The van der Waals surface area contributed by atoms with Gasteiger partial charge in [0.2, 0.25) is 0 Å². The smallest absolute Gasteiger partial charge is 0.328 e. The molecule has 0 bridgehead atoms. The Bertz CT molecular complexity index is 258. The monoisotopic (exact) mass is 187 g/mol. The first-order chi connectivity index (χ1) is 5.93. The highest BCUT2D eigenvalue weighted by molar-refractivity contribution is 5.99. The number of rotatable bonds is 5. The molecule has 0 saturated heterocycles. The van der Waals surface area contributed by atoms with Crippen molar-refractivity contribution in [1.82, 2.24) is 0 Å². The van der Waals surface area contributed by atoms with Crippen molar-refractivity contribution in [2.24, 2.45) is 5.73 Å². The van der Waals surface area contributed by atoms with Crippen LogP contribution in [0.5, 0.6) is 0 Å². The zero-order valence-electron chi connectivity index (χ0n) is 6.64. The van der Waals surface area contributed by atoms with E-state index in [0.29, 0.717) is 6.08 Å². The predicted octanol–water partition coefficient (Wildman–Crippen LogP) is -1.00. The van der Waals surface area contributed by atoms with Crippen LogP contribution < -0.4 is 5.73 Å². The van der Waals surface area contributed by atoms with Crippen LogP contribution in [0.25, 0.3) is 0 Å². The van der Waals surface area contributed by atoms with E-state index in [4.69, 9.17) is 15.9 Å². The summed E-state index contributed by atoms with van der Waals surface area (Å²) in [7, 11) is 0. The van der Waals surface area contributed by atoms with Crippen LogP contribution in [0.3, 0.4) is 0 Å². The average molecular weight is 187 g/mol. The molecule has 0 aliphatic heterocycles. The van der Waals surface area contributed by atoms with Crippen molar-refractivity contribution in [2.75, 3.05) is 0 Å². The molecule has 1 atom stereocenters. The molecular formula is C7H9NO5. The third-order valence-electron chi connectivity index (χ3n) is 1.15. The molecule has 0 amide bonds. The molecule has 4 N–H and O–H groups in total. The highest BCUT2D eigenvalue weighted by Gasteiger charge is 2.14. The lowest BCUT2D eigenvalue weighted by Gasteiger charge is -2.02. The minimum atomic E-state index is -1.28. The van der Waals surface area contributed by atoms with E-state index in [-0.39, 0.29) is 0 Å². The van der Waals surface area contributed by atoms with Gasteiger partial charge in [-0.2, -0.15) is 0 Å². The molecule has 6 nitrogen and oxygen atoms in total. The van der Waals surface area contributed by atoms with E-state index in [1.807, 2.05) is 0 Å². The third-order valence-corrected chi connectivity index (χ3v) is 1.15. The first-order valence-electron chi connectivity index (χ1n) is 3.35. The summed E-state index contributed by atoms with van der Waals surface area (Å²) in [5, 5.41) is 16.4. The highest BCUT2D eigenvalue weighted by Crippen LogP contribution is 1.91. The molecular weight excluding hydrogens is 178 g/mol. The van der Waals surface area contributed by atoms with Crippen LogP contribution >= 0.6 is 0 Å². The Balaban J connectivity index is 4.11. The Labute approximate surface area is 73.7 Å². The van der Waals surface area contributed by atoms with Crippen molar-refractivity contribution < 1.29 is 24.6 Å². The molecule has 0 aliphatic rings. The first kappa shape index (κ1) is 11.3. The SMILES string of the molecule is NC(CC(=O)O)C(=O)/C=C\C(=O)O. The number of aliphatic carboxylic acids is 2. The van der Waals surface area contributed by atoms with Gasteiger partial charge in [-0.3, -0.25) is 9.59 Å². The van der Waals surface area contributed by atoms with Crippen molar-refractivity contribution in [3.63, 3.8) is 0 Å². The fourth-order valence-corrected chi connectivity index (χ4v) is 0.566. The van der Waals surface area contributed by atoms with Gasteiger partial charge in [-0.1, -0.05) is 0 Å². The lowest BCUT2D eigenvalue weighted by molar-refractivity contribution is -0.138. The average Bonchev–Trinajstić information content (AvgIpc) is 1.98. The fraction of sp³-hybridized carbons (Fsp3) is 0.286. The first-order valence-corrected chi connectivity index (χ1v) is 3.35. The number of hydrogen-bond acceptors (Lipinski definition) is 4. The van der Waals surface area contributed by atoms with Gasteiger partial charge in [0.1, 0.15) is 0 Å². The number of carbonyl (C=O) groups excluding carboxylic acids is 1. The molecule has 0 spiro atoms. The molecule has 6 heteroatoms. The second kappa shape index (κ2) is 5.04. The maximum atomic E-state index is 10.8. The standard InChI is InChI=1S/C7H9NO5/c8-4(3-7(12)13)5(9)1-2-6(10)11/h1-2,4H,3,8H2,(H,10,11)(H,12,13)/b2-1-. The van der Waals surface area contributed by atoms with Gasteiger partial charge in [-0.25, -0.2) is 4.79 Å². The van der Waals surface area contributed by atoms with E-state index in [0.717, 1.165) is 6.08 Å².